The van der Waals surface area contributed by atoms with Gasteiger partial charge in [0, 0.05) is 62.1 Å². The number of carbonyl (C=O) groups is 1. The number of aromatic nitrogens is 3. The molecule has 6 rings (SSSR count). The molecule has 2 fully saturated rings. The van der Waals surface area contributed by atoms with Crippen molar-refractivity contribution in [3.63, 3.8) is 0 Å². The summed E-state index contributed by atoms with van der Waals surface area (Å²) in [6.45, 7) is 8.32. The number of nitrogens with zero attached hydrogens (tertiary/aromatic N) is 5. The SMILES string of the molecule is C=C.C[C@@H]1CN(Cc2cc3c(c(C(F)(F)F)c2)CN(c2cccc(C4(Cc5nncn5C)COC4)c2)C3=O)CCC1(F)F. The number of hydrogen-bond donors (Lipinski definition) is 0. The van der Waals surface area contributed by atoms with Crippen LogP contribution in [0.4, 0.5) is 27.6 Å². The molecule has 0 bridgehead atoms. The van der Waals surface area contributed by atoms with Crippen LogP contribution in [0.1, 0.15) is 51.8 Å². The Kier molecular flexibility index (Phi) is 8.21. The Morgan fingerprint density at radius 2 is 1.88 bits per heavy atom. The number of anilines is 1. The first-order valence-electron chi connectivity index (χ1n) is 14.0. The van der Waals surface area contributed by atoms with Gasteiger partial charge in [-0.05, 0) is 41.0 Å². The highest BCUT2D eigenvalue weighted by Gasteiger charge is 2.44. The third kappa shape index (κ3) is 5.82. The molecule has 0 N–H and O–H groups in total. The normalized spacial score (nSPS) is 21.1. The minimum absolute atomic E-state index is 0.00334. The Labute approximate surface area is 246 Å². The van der Waals surface area contributed by atoms with Crippen molar-refractivity contribution in [3.05, 3.63) is 89.5 Å². The average molecular weight is 604 g/mol. The Morgan fingerprint density at radius 3 is 2.49 bits per heavy atom. The quantitative estimate of drug-likeness (QED) is 0.264. The maximum absolute atomic E-state index is 14.2. The standard InChI is InChI=1S/C29H30F5N5O2.C2H4/c1-18-12-38(7-6-28(18,30)31)13-19-8-22-23(24(9-19)29(32,33)34)14-39(26(22)40)21-5-3-4-20(10-21)27(15-41-16-27)11-25-36-35-17-37(25)2;1-2/h3-5,8-10,17-18H,6-7,11-16H2,1-2H3;1-2H2/t18-;/m1./s1. The third-order valence-electron chi connectivity index (χ3n) is 8.66. The van der Waals surface area contributed by atoms with Gasteiger partial charge in [-0.2, -0.15) is 13.2 Å². The minimum atomic E-state index is -4.68. The second kappa shape index (κ2) is 11.5. The fraction of sp³-hybridized carbons (Fsp3) is 0.452. The van der Waals surface area contributed by atoms with Crippen LogP contribution in [0.15, 0.2) is 55.9 Å². The van der Waals surface area contributed by atoms with E-state index in [1.54, 1.807) is 23.4 Å². The number of likely N-dealkylation sites (tertiary alicyclic amines) is 1. The molecule has 2 aromatic carbocycles. The highest BCUT2D eigenvalue weighted by Crippen LogP contribution is 2.42. The molecule has 4 heterocycles. The van der Waals surface area contributed by atoms with Crippen molar-refractivity contribution in [1.29, 1.82) is 0 Å². The number of amides is 1. The summed E-state index contributed by atoms with van der Waals surface area (Å²) in [6.07, 6.45) is -2.85. The van der Waals surface area contributed by atoms with Crippen LogP contribution < -0.4 is 4.90 Å². The molecule has 1 aromatic heterocycles. The molecule has 230 valence electrons. The summed E-state index contributed by atoms with van der Waals surface area (Å²) in [6, 6.07) is 9.83. The topological polar surface area (TPSA) is 63.5 Å². The molecular weight excluding hydrogens is 569 g/mol. The largest absolute Gasteiger partial charge is 0.416 e. The molecule has 0 radical (unpaired) electrons. The Bertz CT molecular complexity index is 1500. The van der Waals surface area contributed by atoms with E-state index in [4.69, 9.17) is 4.74 Å². The summed E-state index contributed by atoms with van der Waals surface area (Å²) >= 11 is 0. The summed E-state index contributed by atoms with van der Waals surface area (Å²) in [4.78, 5) is 16.7. The lowest BCUT2D eigenvalue weighted by atomic mass is 9.75. The van der Waals surface area contributed by atoms with Crippen LogP contribution >= 0.6 is 0 Å². The summed E-state index contributed by atoms with van der Waals surface area (Å²) in [5.74, 6) is -3.45. The van der Waals surface area contributed by atoms with E-state index in [9.17, 15) is 26.7 Å². The summed E-state index contributed by atoms with van der Waals surface area (Å²) in [5, 5.41) is 8.13. The lowest BCUT2D eigenvalue weighted by Crippen LogP contribution is -2.49. The van der Waals surface area contributed by atoms with Gasteiger partial charge in [0.1, 0.15) is 12.2 Å². The molecule has 0 aliphatic carbocycles. The number of benzene rings is 2. The summed E-state index contributed by atoms with van der Waals surface area (Å²) < 4.78 is 78.0. The molecule has 12 heteroatoms. The molecule has 3 aliphatic rings. The molecule has 7 nitrogen and oxygen atoms in total. The van der Waals surface area contributed by atoms with Crippen LogP contribution in [0.5, 0.6) is 0 Å². The zero-order valence-electron chi connectivity index (χ0n) is 24.1. The van der Waals surface area contributed by atoms with Gasteiger partial charge in [0.15, 0.2) is 0 Å². The van der Waals surface area contributed by atoms with Crippen molar-refractivity contribution in [2.75, 3.05) is 31.2 Å². The van der Waals surface area contributed by atoms with Gasteiger partial charge in [0.25, 0.3) is 11.8 Å². The van der Waals surface area contributed by atoms with Gasteiger partial charge in [0.05, 0.1) is 25.3 Å². The first kappa shape index (κ1) is 30.8. The van der Waals surface area contributed by atoms with Crippen molar-refractivity contribution in [1.82, 2.24) is 19.7 Å². The lowest BCUT2D eigenvalue weighted by molar-refractivity contribution is -0.138. The maximum atomic E-state index is 14.2. The number of fused-ring (bicyclic) bond motifs is 1. The zero-order valence-corrected chi connectivity index (χ0v) is 24.1. The number of rotatable bonds is 6. The van der Waals surface area contributed by atoms with Crippen molar-refractivity contribution in [2.24, 2.45) is 13.0 Å². The van der Waals surface area contributed by atoms with Crippen LogP contribution in [0.2, 0.25) is 0 Å². The molecule has 1 amide bonds. The number of ether oxygens (including phenoxy) is 1. The fourth-order valence-electron chi connectivity index (χ4n) is 6.08. The van der Waals surface area contributed by atoms with Crippen molar-refractivity contribution < 1.29 is 31.5 Å². The maximum Gasteiger partial charge on any atom is 0.416 e. The van der Waals surface area contributed by atoms with Gasteiger partial charge < -0.3 is 14.2 Å². The predicted molar refractivity (Wildman–Crippen MR) is 151 cm³/mol. The number of aryl methyl sites for hydroxylation is 1. The number of piperidine rings is 1. The van der Waals surface area contributed by atoms with Gasteiger partial charge >= 0.3 is 6.18 Å². The van der Waals surface area contributed by atoms with Gasteiger partial charge in [-0.3, -0.25) is 9.69 Å². The van der Waals surface area contributed by atoms with Crippen LogP contribution in [0.25, 0.3) is 0 Å². The van der Waals surface area contributed by atoms with Crippen LogP contribution in [-0.2, 0) is 42.9 Å². The van der Waals surface area contributed by atoms with Gasteiger partial charge in [-0.25, -0.2) is 8.78 Å². The van der Waals surface area contributed by atoms with Crippen molar-refractivity contribution in [2.45, 2.75) is 50.4 Å². The van der Waals surface area contributed by atoms with Crippen LogP contribution in [0.3, 0.4) is 0 Å². The molecule has 0 spiro atoms. The van der Waals surface area contributed by atoms with E-state index in [2.05, 4.69) is 23.4 Å². The number of halogens is 5. The van der Waals surface area contributed by atoms with Crippen molar-refractivity contribution >= 4 is 11.6 Å². The highest BCUT2D eigenvalue weighted by atomic mass is 19.4. The molecule has 3 aromatic rings. The van der Waals surface area contributed by atoms with E-state index in [1.807, 2.05) is 23.7 Å². The summed E-state index contributed by atoms with van der Waals surface area (Å²) in [7, 11) is 1.85. The van der Waals surface area contributed by atoms with E-state index in [0.29, 0.717) is 25.3 Å². The monoisotopic (exact) mass is 603 g/mol. The summed E-state index contributed by atoms with van der Waals surface area (Å²) in [5.41, 5.74) is 0.354. The molecule has 0 saturated carbocycles. The smallest absolute Gasteiger partial charge is 0.379 e. The Balaban J connectivity index is 0.00000180. The third-order valence-corrected chi connectivity index (χ3v) is 8.66. The Morgan fingerprint density at radius 1 is 1.14 bits per heavy atom. The van der Waals surface area contributed by atoms with E-state index in [-0.39, 0.29) is 54.7 Å². The second-order valence-electron chi connectivity index (χ2n) is 11.6. The van der Waals surface area contributed by atoms with Gasteiger partial charge in [0.2, 0.25) is 0 Å². The molecule has 0 unspecified atom stereocenters. The van der Waals surface area contributed by atoms with Crippen molar-refractivity contribution in [3.8, 4) is 0 Å². The molecule has 43 heavy (non-hydrogen) atoms. The van der Waals surface area contributed by atoms with Crippen LogP contribution in [0, 0.1) is 5.92 Å². The number of alkyl halides is 5. The zero-order chi connectivity index (χ0) is 31.2. The van der Waals surface area contributed by atoms with E-state index in [0.717, 1.165) is 17.5 Å². The Hall–Kier alpha value is -3.64. The number of carbonyl (C=O) groups excluding carboxylic acids is 1. The second-order valence-corrected chi connectivity index (χ2v) is 11.6. The molecule has 1 atom stereocenters. The van der Waals surface area contributed by atoms with Crippen LogP contribution in [-0.4, -0.2) is 57.8 Å². The van der Waals surface area contributed by atoms with E-state index < -0.39 is 29.5 Å². The predicted octanol–water partition coefficient (Wildman–Crippen LogP) is 5.78. The molecule has 2 saturated heterocycles. The van der Waals surface area contributed by atoms with Gasteiger partial charge in [-0.1, -0.05) is 19.1 Å². The molecule has 3 aliphatic heterocycles. The van der Waals surface area contributed by atoms with Gasteiger partial charge in [-0.15, -0.1) is 23.4 Å². The fourth-order valence-corrected chi connectivity index (χ4v) is 6.08. The molecular formula is C31H34F5N5O2. The minimum Gasteiger partial charge on any atom is -0.379 e. The first-order valence-corrected chi connectivity index (χ1v) is 14.0. The number of hydrogen-bond acceptors (Lipinski definition) is 5. The average Bonchev–Trinajstić information content (AvgIpc) is 3.51. The lowest BCUT2D eigenvalue weighted by Gasteiger charge is -2.42. The van der Waals surface area contributed by atoms with E-state index >= 15 is 0 Å². The van der Waals surface area contributed by atoms with E-state index in [1.165, 1.54) is 17.9 Å². The first-order chi connectivity index (χ1) is 20.4. The highest BCUT2D eigenvalue weighted by molar-refractivity contribution is 6.10.